The number of halogens is 1. The summed E-state index contributed by atoms with van der Waals surface area (Å²) >= 11 is 3.42. The van der Waals surface area contributed by atoms with Crippen molar-refractivity contribution in [2.24, 2.45) is 17.8 Å². The SMILES string of the molecule is CCC1C[C@H](C(=O)Nc2ccc(Br)c(C)c2)[C@H](C(=O)O)C1. The fourth-order valence-electron chi connectivity index (χ4n) is 3.00. The Bertz CT molecular complexity index is 558. The van der Waals surface area contributed by atoms with Crippen LogP contribution in [-0.2, 0) is 9.59 Å². The summed E-state index contributed by atoms with van der Waals surface area (Å²) in [6, 6.07) is 5.57. The van der Waals surface area contributed by atoms with Crippen molar-refractivity contribution in [3.05, 3.63) is 28.2 Å². The van der Waals surface area contributed by atoms with Crippen LogP contribution < -0.4 is 5.32 Å². The fraction of sp³-hybridized carbons (Fsp3) is 0.500. The van der Waals surface area contributed by atoms with Gasteiger partial charge in [-0.15, -0.1) is 0 Å². The Morgan fingerprint density at radius 3 is 2.57 bits per heavy atom. The highest BCUT2D eigenvalue weighted by molar-refractivity contribution is 9.10. The average molecular weight is 354 g/mol. The van der Waals surface area contributed by atoms with Crippen LogP contribution in [0, 0.1) is 24.7 Å². The van der Waals surface area contributed by atoms with Crippen molar-refractivity contribution in [1.29, 1.82) is 0 Å². The van der Waals surface area contributed by atoms with Crippen molar-refractivity contribution in [2.75, 3.05) is 5.32 Å². The number of aliphatic carboxylic acids is 1. The Labute approximate surface area is 133 Å². The van der Waals surface area contributed by atoms with Crippen LogP contribution in [0.5, 0.6) is 0 Å². The predicted octanol–water partition coefficient (Wildman–Crippen LogP) is 3.83. The first kappa shape index (κ1) is 16.0. The number of carbonyl (C=O) groups is 2. The third-order valence-electron chi connectivity index (χ3n) is 4.32. The van der Waals surface area contributed by atoms with E-state index in [9.17, 15) is 14.7 Å². The number of carboxylic acid groups (broad SMARTS) is 1. The number of benzene rings is 1. The standard InChI is InChI=1S/C16H20BrNO3/c1-3-10-7-12(13(8-10)16(20)21)15(19)18-11-4-5-14(17)9(2)6-11/h4-6,10,12-13H,3,7-8H2,1-2H3,(H,18,19)(H,20,21)/t10?,12-,13+/m0/s1. The van der Waals surface area contributed by atoms with E-state index in [1.807, 2.05) is 32.0 Å². The molecule has 21 heavy (non-hydrogen) atoms. The van der Waals surface area contributed by atoms with E-state index in [0.29, 0.717) is 24.4 Å². The molecule has 1 unspecified atom stereocenters. The molecule has 1 aliphatic carbocycles. The highest BCUT2D eigenvalue weighted by Crippen LogP contribution is 2.39. The van der Waals surface area contributed by atoms with Gasteiger partial charge in [-0.25, -0.2) is 0 Å². The molecule has 0 heterocycles. The van der Waals surface area contributed by atoms with E-state index in [2.05, 4.69) is 21.2 Å². The summed E-state index contributed by atoms with van der Waals surface area (Å²) in [5.74, 6) is -1.71. The third kappa shape index (κ3) is 3.64. The first-order chi connectivity index (χ1) is 9.92. The minimum absolute atomic E-state index is 0.180. The van der Waals surface area contributed by atoms with Crippen LogP contribution in [0.2, 0.25) is 0 Å². The predicted molar refractivity (Wildman–Crippen MR) is 85.1 cm³/mol. The second kappa shape index (κ2) is 6.60. The summed E-state index contributed by atoms with van der Waals surface area (Å²) in [4.78, 5) is 23.7. The van der Waals surface area contributed by atoms with Crippen molar-refractivity contribution in [1.82, 2.24) is 0 Å². The van der Waals surface area contributed by atoms with Gasteiger partial charge in [0.15, 0.2) is 0 Å². The molecule has 0 radical (unpaired) electrons. The molecule has 114 valence electrons. The number of carbonyl (C=O) groups excluding carboxylic acids is 1. The third-order valence-corrected chi connectivity index (χ3v) is 5.21. The van der Waals surface area contributed by atoms with Crippen LogP contribution in [0.1, 0.15) is 31.7 Å². The fourth-order valence-corrected chi connectivity index (χ4v) is 3.24. The zero-order chi connectivity index (χ0) is 15.6. The minimum Gasteiger partial charge on any atom is -0.481 e. The molecule has 2 rings (SSSR count). The Balaban J connectivity index is 2.11. The van der Waals surface area contributed by atoms with Gasteiger partial charge in [0, 0.05) is 10.2 Å². The molecule has 1 fully saturated rings. The molecule has 1 saturated carbocycles. The number of aryl methyl sites for hydroxylation is 1. The van der Waals surface area contributed by atoms with Crippen LogP contribution in [0.25, 0.3) is 0 Å². The lowest BCUT2D eigenvalue weighted by Crippen LogP contribution is -2.30. The molecule has 1 aromatic carbocycles. The highest BCUT2D eigenvalue weighted by atomic mass is 79.9. The Kier molecular flexibility index (Phi) is 5.04. The van der Waals surface area contributed by atoms with Gasteiger partial charge < -0.3 is 10.4 Å². The summed E-state index contributed by atoms with van der Waals surface area (Å²) in [7, 11) is 0. The zero-order valence-electron chi connectivity index (χ0n) is 12.2. The Morgan fingerprint density at radius 2 is 2.00 bits per heavy atom. The molecule has 3 atom stereocenters. The number of nitrogens with one attached hydrogen (secondary N) is 1. The first-order valence-electron chi connectivity index (χ1n) is 7.22. The van der Waals surface area contributed by atoms with Crippen LogP contribution in [-0.4, -0.2) is 17.0 Å². The second-order valence-corrected chi connectivity index (χ2v) is 6.60. The molecule has 5 heteroatoms. The maximum atomic E-state index is 12.4. The molecule has 1 amide bonds. The van der Waals surface area contributed by atoms with Gasteiger partial charge in [-0.3, -0.25) is 9.59 Å². The molecule has 0 saturated heterocycles. The minimum atomic E-state index is -0.863. The van der Waals surface area contributed by atoms with Gasteiger partial charge in [0.2, 0.25) is 5.91 Å². The van der Waals surface area contributed by atoms with Gasteiger partial charge in [-0.05, 0) is 49.4 Å². The Hall–Kier alpha value is -1.36. The molecule has 0 spiro atoms. The molecule has 1 aliphatic rings. The van der Waals surface area contributed by atoms with Gasteiger partial charge in [0.05, 0.1) is 11.8 Å². The summed E-state index contributed by atoms with van der Waals surface area (Å²) in [6.07, 6.45) is 2.18. The monoisotopic (exact) mass is 353 g/mol. The van der Waals surface area contributed by atoms with Crippen LogP contribution in [0.3, 0.4) is 0 Å². The molecule has 2 N–H and O–H groups in total. The van der Waals surface area contributed by atoms with Gasteiger partial charge in [0.1, 0.15) is 0 Å². The van der Waals surface area contributed by atoms with Crippen LogP contribution in [0.4, 0.5) is 5.69 Å². The second-order valence-electron chi connectivity index (χ2n) is 5.75. The first-order valence-corrected chi connectivity index (χ1v) is 8.01. The summed E-state index contributed by atoms with van der Waals surface area (Å²) in [6.45, 7) is 3.99. The van der Waals surface area contributed by atoms with Crippen molar-refractivity contribution < 1.29 is 14.7 Å². The van der Waals surface area contributed by atoms with Crippen LogP contribution in [0.15, 0.2) is 22.7 Å². The molecule has 0 aromatic heterocycles. The van der Waals surface area contributed by atoms with E-state index in [-0.39, 0.29) is 5.91 Å². The average Bonchev–Trinajstić information content (AvgIpc) is 2.87. The molecule has 0 bridgehead atoms. The van der Waals surface area contributed by atoms with Gasteiger partial charge in [0.25, 0.3) is 0 Å². The molecular weight excluding hydrogens is 334 g/mol. The molecule has 4 nitrogen and oxygen atoms in total. The highest BCUT2D eigenvalue weighted by Gasteiger charge is 2.42. The topological polar surface area (TPSA) is 66.4 Å². The lowest BCUT2D eigenvalue weighted by Gasteiger charge is -2.16. The van der Waals surface area contributed by atoms with E-state index >= 15 is 0 Å². The molecule has 1 aromatic rings. The van der Waals surface area contributed by atoms with E-state index in [0.717, 1.165) is 16.5 Å². The molecule has 0 aliphatic heterocycles. The van der Waals surface area contributed by atoms with Crippen molar-refractivity contribution in [3.63, 3.8) is 0 Å². The quantitative estimate of drug-likeness (QED) is 0.864. The zero-order valence-corrected chi connectivity index (χ0v) is 13.8. The van der Waals surface area contributed by atoms with Crippen LogP contribution >= 0.6 is 15.9 Å². The number of carboxylic acids is 1. The number of hydrogen-bond acceptors (Lipinski definition) is 2. The number of amides is 1. The van der Waals surface area contributed by atoms with E-state index in [1.54, 1.807) is 0 Å². The number of anilines is 1. The van der Waals surface area contributed by atoms with E-state index in [4.69, 9.17) is 0 Å². The maximum Gasteiger partial charge on any atom is 0.307 e. The van der Waals surface area contributed by atoms with Crippen molar-refractivity contribution in [2.45, 2.75) is 33.1 Å². The number of rotatable bonds is 4. The van der Waals surface area contributed by atoms with Crippen molar-refractivity contribution in [3.8, 4) is 0 Å². The van der Waals surface area contributed by atoms with E-state index < -0.39 is 17.8 Å². The normalized spacial score (nSPS) is 24.8. The summed E-state index contributed by atoms with van der Waals surface area (Å²) in [5, 5.41) is 12.2. The van der Waals surface area contributed by atoms with E-state index in [1.165, 1.54) is 0 Å². The van der Waals surface area contributed by atoms with Gasteiger partial charge in [-0.1, -0.05) is 29.3 Å². The lowest BCUT2D eigenvalue weighted by atomic mass is 9.95. The molecular formula is C16H20BrNO3. The largest absolute Gasteiger partial charge is 0.481 e. The van der Waals surface area contributed by atoms with Gasteiger partial charge >= 0.3 is 5.97 Å². The summed E-state index contributed by atoms with van der Waals surface area (Å²) in [5.41, 5.74) is 1.74. The number of hydrogen-bond donors (Lipinski definition) is 2. The Morgan fingerprint density at radius 1 is 1.33 bits per heavy atom. The maximum absolute atomic E-state index is 12.4. The summed E-state index contributed by atoms with van der Waals surface area (Å²) < 4.78 is 0.982. The smallest absolute Gasteiger partial charge is 0.307 e. The van der Waals surface area contributed by atoms with Gasteiger partial charge in [-0.2, -0.15) is 0 Å². The van der Waals surface area contributed by atoms with Crippen molar-refractivity contribution >= 4 is 33.5 Å². The lowest BCUT2D eigenvalue weighted by molar-refractivity contribution is -0.145.